The topological polar surface area (TPSA) is 61.4 Å². The Bertz CT molecular complexity index is 583. The average molecular weight is 315 g/mol. The molecule has 1 unspecified atom stereocenters. The summed E-state index contributed by atoms with van der Waals surface area (Å²) >= 11 is 0. The van der Waals surface area contributed by atoms with E-state index in [0.717, 1.165) is 30.6 Å². The fraction of sp³-hybridized carbons (Fsp3) is 0.444. The summed E-state index contributed by atoms with van der Waals surface area (Å²) in [5.41, 5.74) is 2.08. The van der Waals surface area contributed by atoms with Crippen molar-refractivity contribution in [2.75, 3.05) is 19.6 Å². The quantitative estimate of drug-likeness (QED) is 0.757. The summed E-state index contributed by atoms with van der Waals surface area (Å²) in [6, 6.07) is 7.65. The van der Waals surface area contributed by atoms with Gasteiger partial charge in [-0.2, -0.15) is 0 Å². The molecule has 2 amide bonds. The van der Waals surface area contributed by atoms with Gasteiger partial charge in [0.1, 0.15) is 0 Å². The Labute approximate surface area is 137 Å². The van der Waals surface area contributed by atoms with Crippen LogP contribution in [0.2, 0.25) is 0 Å². The lowest BCUT2D eigenvalue weighted by Crippen LogP contribution is -2.37. The van der Waals surface area contributed by atoms with E-state index in [2.05, 4.69) is 17.6 Å². The second-order valence-electron chi connectivity index (χ2n) is 5.69. The van der Waals surface area contributed by atoms with Crippen LogP contribution in [0.15, 0.2) is 30.5 Å². The molecule has 5 heteroatoms. The smallest absolute Gasteiger partial charge is 0.223 e. The maximum absolute atomic E-state index is 12.2. The van der Waals surface area contributed by atoms with Gasteiger partial charge in [-0.15, -0.1) is 0 Å². The van der Waals surface area contributed by atoms with Crippen molar-refractivity contribution in [1.82, 2.24) is 15.5 Å². The van der Waals surface area contributed by atoms with E-state index in [1.807, 2.05) is 30.3 Å². The minimum Gasteiger partial charge on any atom is -0.355 e. The molecule has 0 saturated carbocycles. The van der Waals surface area contributed by atoms with E-state index in [-0.39, 0.29) is 24.3 Å². The van der Waals surface area contributed by atoms with E-state index >= 15 is 0 Å². The Morgan fingerprint density at radius 3 is 2.70 bits per heavy atom. The minimum atomic E-state index is -0.239. The molecule has 0 aliphatic carbocycles. The maximum atomic E-state index is 12.2. The van der Waals surface area contributed by atoms with E-state index < -0.39 is 0 Å². The zero-order valence-electron chi connectivity index (χ0n) is 13.8. The third-order valence-electron chi connectivity index (χ3n) is 3.90. The van der Waals surface area contributed by atoms with Gasteiger partial charge < -0.3 is 15.5 Å². The van der Waals surface area contributed by atoms with Crippen molar-refractivity contribution in [2.45, 2.75) is 32.7 Å². The SMILES string of the molecule is CCCNCCNC(=O)CC1c2ccccc2C=CN1C(C)=O. The molecule has 0 spiro atoms. The monoisotopic (exact) mass is 315 g/mol. The molecule has 1 heterocycles. The molecule has 0 aromatic heterocycles. The van der Waals surface area contributed by atoms with Crippen LogP contribution >= 0.6 is 0 Å². The molecule has 0 saturated heterocycles. The zero-order chi connectivity index (χ0) is 16.7. The summed E-state index contributed by atoms with van der Waals surface area (Å²) in [7, 11) is 0. The van der Waals surface area contributed by atoms with E-state index in [1.165, 1.54) is 6.92 Å². The fourth-order valence-electron chi connectivity index (χ4n) is 2.75. The third-order valence-corrected chi connectivity index (χ3v) is 3.90. The van der Waals surface area contributed by atoms with Crippen LogP contribution in [0.5, 0.6) is 0 Å². The maximum Gasteiger partial charge on any atom is 0.223 e. The van der Waals surface area contributed by atoms with Crippen molar-refractivity contribution < 1.29 is 9.59 Å². The molecule has 2 rings (SSSR count). The number of nitrogens with zero attached hydrogens (tertiary/aromatic N) is 1. The van der Waals surface area contributed by atoms with Gasteiger partial charge in [-0.05, 0) is 30.2 Å². The Kier molecular flexibility index (Phi) is 6.35. The fourth-order valence-corrected chi connectivity index (χ4v) is 2.75. The first-order valence-corrected chi connectivity index (χ1v) is 8.17. The number of hydrogen-bond acceptors (Lipinski definition) is 3. The number of benzene rings is 1. The van der Waals surface area contributed by atoms with Gasteiger partial charge in [-0.25, -0.2) is 0 Å². The van der Waals surface area contributed by atoms with Crippen LogP contribution in [0.4, 0.5) is 0 Å². The molecule has 1 atom stereocenters. The van der Waals surface area contributed by atoms with Gasteiger partial charge in [0, 0.05) is 26.2 Å². The minimum absolute atomic E-state index is 0.0374. The molecule has 1 aliphatic heterocycles. The van der Waals surface area contributed by atoms with Crippen molar-refractivity contribution in [3.8, 4) is 0 Å². The zero-order valence-corrected chi connectivity index (χ0v) is 13.8. The number of carbonyl (C=O) groups excluding carboxylic acids is 2. The van der Waals surface area contributed by atoms with E-state index in [9.17, 15) is 9.59 Å². The van der Waals surface area contributed by atoms with Crippen molar-refractivity contribution >= 4 is 17.9 Å². The number of rotatable bonds is 7. The van der Waals surface area contributed by atoms with Gasteiger partial charge in [-0.1, -0.05) is 31.2 Å². The number of hydrogen-bond donors (Lipinski definition) is 2. The highest BCUT2D eigenvalue weighted by atomic mass is 16.2. The number of amides is 2. The van der Waals surface area contributed by atoms with Gasteiger partial charge >= 0.3 is 0 Å². The van der Waals surface area contributed by atoms with Crippen LogP contribution in [-0.4, -0.2) is 36.3 Å². The molecular formula is C18H25N3O2. The molecule has 0 radical (unpaired) electrons. The van der Waals surface area contributed by atoms with E-state index in [4.69, 9.17) is 0 Å². The summed E-state index contributed by atoms with van der Waals surface area (Å²) in [6.45, 7) is 5.95. The van der Waals surface area contributed by atoms with Crippen molar-refractivity contribution in [1.29, 1.82) is 0 Å². The van der Waals surface area contributed by atoms with E-state index in [1.54, 1.807) is 11.1 Å². The third kappa shape index (κ3) is 4.66. The molecule has 0 bridgehead atoms. The van der Waals surface area contributed by atoms with Crippen molar-refractivity contribution in [3.63, 3.8) is 0 Å². The summed E-state index contributed by atoms with van der Waals surface area (Å²) in [5, 5.41) is 6.16. The lowest BCUT2D eigenvalue weighted by Gasteiger charge is -2.32. The Morgan fingerprint density at radius 1 is 1.17 bits per heavy atom. The Hall–Kier alpha value is -2.14. The molecule has 0 fully saturated rings. The Balaban J connectivity index is 1.99. The predicted molar refractivity (Wildman–Crippen MR) is 91.5 cm³/mol. The second kappa shape index (κ2) is 8.48. The molecule has 1 aromatic carbocycles. The van der Waals surface area contributed by atoms with Crippen LogP contribution in [0.25, 0.3) is 6.08 Å². The van der Waals surface area contributed by atoms with Crippen molar-refractivity contribution in [3.05, 3.63) is 41.6 Å². The molecule has 1 aromatic rings. The van der Waals surface area contributed by atoms with Gasteiger partial charge in [-0.3, -0.25) is 9.59 Å². The van der Waals surface area contributed by atoms with Crippen molar-refractivity contribution in [2.24, 2.45) is 0 Å². The molecule has 2 N–H and O–H groups in total. The number of nitrogens with one attached hydrogen (secondary N) is 2. The van der Waals surface area contributed by atoms with Crippen LogP contribution < -0.4 is 10.6 Å². The first-order chi connectivity index (χ1) is 11.1. The van der Waals surface area contributed by atoms with Crippen LogP contribution in [0.3, 0.4) is 0 Å². The number of fused-ring (bicyclic) bond motifs is 1. The molecule has 5 nitrogen and oxygen atoms in total. The highest BCUT2D eigenvalue weighted by Crippen LogP contribution is 2.32. The first-order valence-electron chi connectivity index (χ1n) is 8.17. The van der Waals surface area contributed by atoms with Gasteiger partial charge in [0.2, 0.25) is 11.8 Å². The molecular weight excluding hydrogens is 290 g/mol. The van der Waals surface area contributed by atoms with Crippen LogP contribution in [-0.2, 0) is 9.59 Å². The summed E-state index contributed by atoms with van der Waals surface area (Å²) in [5.74, 6) is -0.0946. The summed E-state index contributed by atoms with van der Waals surface area (Å²) < 4.78 is 0. The normalized spacial score (nSPS) is 16.1. The van der Waals surface area contributed by atoms with E-state index in [0.29, 0.717) is 6.54 Å². The van der Waals surface area contributed by atoms with Gasteiger partial charge in [0.25, 0.3) is 0 Å². The molecule has 124 valence electrons. The second-order valence-corrected chi connectivity index (χ2v) is 5.69. The lowest BCUT2D eigenvalue weighted by atomic mass is 9.93. The largest absolute Gasteiger partial charge is 0.355 e. The highest BCUT2D eigenvalue weighted by molar-refractivity contribution is 5.81. The van der Waals surface area contributed by atoms with Crippen LogP contribution in [0.1, 0.15) is 43.9 Å². The summed E-state index contributed by atoms with van der Waals surface area (Å²) in [6.07, 6.45) is 5.03. The molecule has 1 aliphatic rings. The average Bonchev–Trinajstić information content (AvgIpc) is 2.54. The standard InChI is InChI=1S/C18H25N3O2/c1-3-9-19-10-11-20-18(23)13-17-16-7-5-4-6-15(16)8-12-21(17)14(2)22/h4-8,12,17,19H,3,9-11,13H2,1-2H3,(H,20,23). The lowest BCUT2D eigenvalue weighted by molar-refractivity contribution is -0.129. The summed E-state index contributed by atoms with van der Waals surface area (Å²) in [4.78, 5) is 25.7. The van der Waals surface area contributed by atoms with Gasteiger partial charge in [0.05, 0.1) is 12.5 Å². The molecule has 23 heavy (non-hydrogen) atoms. The Morgan fingerprint density at radius 2 is 1.96 bits per heavy atom. The first kappa shape index (κ1) is 17.2. The van der Waals surface area contributed by atoms with Gasteiger partial charge in [0.15, 0.2) is 0 Å². The highest BCUT2D eigenvalue weighted by Gasteiger charge is 2.27. The van der Waals surface area contributed by atoms with Crippen LogP contribution in [0, 0.1) is 0 Å². The number of carbonyl (C=O) groups is 2. The predicted octanol–water partition coefficient (Wildman–Crippen LogP) is 2.07.